The monoisotopic (exact) mass is 222 g/mol. The van der Waals surface area contributed by atoms with Crippen molar-refractivity contribution in [1.82, 2.24) is 0 Å². The summed E-state index contributed by atoms with van der Waals surface area (Å²) in [6.45, 7) is 1.51. The number of hydrogen-bond acceptors (Lipinski definition) is 2. The molecule has 0 saturated carbocycles. The van der Waals surface area contributed by atoms with Crippen molar-refractivity contribution in [2.45, 2.75) is 6.54 Å². The van der Waals surface area contributed by atoms with Gasteiger partial charge in [0, 0.05) is 5.56 Å². The van der Waals surface area contributed by atoms with Crippen LogP contribution in [0.3, 0.4) is 0 Å². The van der Waals surface area contributed by atoms with Gasteiger partial charge < -0.3 is 5.11 Å². The van der Waals surface area contributed by atoms with Gasteiger partial charge in [-0.1, -0.05) is 30.3 Å². The van der Waals surface area contributed by atoms with Crippen LogP contribution in [0.4, 0.5) is 0 Å². The molecule has 0 spiro atoms. The lowest BCUT2D eigenvalue weighted by Gasteiger charge is -1.99. The molecule has 78 valence electrons. The Kier molecular flexibility index (Phi) is 3.06. The summed E-state index contributed by atoms with van der Waals surface area (Å²) in [6, 6.07) is 9.94. The van der Waals surface area contributed by atoms with Crippen LogP contribution in [0.1, 0.15) is 5.56 Å². The largest absolute Gasteiger partial charge is 0.473 e. The average Bonchev–Trinajstić information content (AvgIpc) is 2.67. The second-order valence-electron chi connectivity index (χ2n) is 3.37. The van der Waals surface area contributed by atoms with Crippen LogP contribution in [0, 0.1) is 0 Å². The highest BCUT2D eigenvalue weighted by Gasteiger charge is 2.29. The highest BCUT2D eigenvalue weighted by molar-refractivity contribution is 8.15. The highest BCUT2D eigenvalue weighted by atomic mass is 32.2. The van der Waals surface area contributed by atoms with E-state index in [-0.39, 0.29) is 0 Å². The minimum atomic E-state index is -0.812. The van der Waals surface area contributed by atoms with Crippen molar-refractivity contribution >= 4 is 22.8 Å². The molecule has 0 aliphatic carbocycles. The predicted octanol–water partition coefficient (Wildman–Crippen LogP) is 1.43. The van der Waals surface area contributed by atoms with E-state index in [0.717, 1.165) is 17.9 Å². The molecule has 0 radical (unpaired) electrons. The van der Waals surface area contributed by atoms with E-state index in [9.17, 15) is 4.79 Å². The normalized spacial score (nSPS) is 15.7. The predicted molar refractivity (Wildman–Crippen MR) is 60.4 cm³/mol. The van der Waals surface area contributed by atoms with Crippen molar-refractivity contribution in [3.05, 3.63) is 35.9 Å². The Morgan fingerprint density at radius 3 is 2.80 bits per heavy atom. The minimum Gasteiger partial charge on any atom is -0.473 e. The molecule has 1 N–H and O–H groups in total. The van der Waals surface area contributed by atoms with Crippen LogP contribution in [0.5, 0.6) is 0 Å². The van der Waals surface area contributed by atoms with Gasteiger partial charge in [0.15, 0.2) is 13.1 Å². The van der Waals surface area contributed by atoms with Crippen LogP contribution in [0.25, 0.3) is 0 Å². The maximum Gasteiger partial charge on any atom is 0.408 e. The number of rotatable bonds is 3. The third-order valence-corrected chi connectivity index (χ3v) is 3.38. The lowest BCUT2D eigenvalue weighted by Crippen LogP contribution is -2.20. The number of carbonyl (C=O) groups is 1. The maximum absolute atomic E-state index is 10.9. The van der Waals surface area contributed by atoms with E-state index in [1.54, 1.807) is 0 Å². The highest BCUT2D eigenvalue weighted by Crippen LogP contribution is 2.14. The average molecular weight is 222 g/mol. The van der Waals surface area contributed by atoms with Gasteiger partial charge in [-0.25, -0.2) is 9.37 Å². The van der Waals surface area contributed by atoms with E-state index in [1.807, 2.05) is 34.9 Å². The van der Waals surface area contributed by atoms with Crippen LogP contribution >= 0.6 is 11.8 Å². The first kappa shape index (κ1) is 10.2. The van der Waals surface area contributed by atoms with Gasteiger partial charge in [0.25, 0.3) is 0 Å². The Balaban J connectivity index is 2.18. The summed E-state index contributed by atoms with van der Waals surface area (Å²) in [5, 5.41) is 9.43. The zero-order valence-electron chi connectivity index (χ0n) is 8.22. The van der Waals surface area contributed by atoms with E-state index in [2.05, 4.69) is 0 Å². The summed E-state index contributed by atoms with van der Waals surface area (Å²) in [4.78, 5) is 10.9. The molecule has 0 atom stereocenters. The Bertz CT molecular complexity index is 400. The molecule has 1 aliphatic rings. The van der Waals surface area contributed by atoms with E-state index >= 15 is 0 Å². The second kappa shape index (κ2) is 4.49. The van der Waals surface area contributed by atoms with E-state index in [0.29, 0.717) is 11.6 Å². The van der Waals surface area contributed by atoms with Crippen molar-refractivity contribution in [3.8, 4) is 0 Å². The minimum absolute atomic E-state index is 0.471. The number of nitrogens with zero attached hydrogens (tertiary/aromatic N) is 1. The molecule has 4 heteroatoms. The zero-order valence-corrected chi connectivity index (χ0v) is 9.04. The van der Waals surface area contributed by atoms with E-state index < -0.39 is 5.97 Å². The number of carboxylic acid groups (broad SMARTS) is 1. The summed E-state index contributed by atoms with van der Waals surface area (Å²) >= 11 is 1.42. The van der Waals surface area contributed by atoms with Gasteiger partial charge in [-0.3, -0.25) is 0 Å². The van der Waals surface area contributed by atoms with Crippen LogP contribution in [-0.4, -0.2) is 33.0 Å². The molecule has 1 heterocycles. The zero-order chi connectivity index (χ0) is 10.7. The SMILES string of the molecule is O=C(O)C1=[N+](Cc2ccccc2)CCS1. The summed E-state index contributed by atoms with van der Waals surface area (Å²) < 4.78 is 1.92. The first-order valence-electron chi connectivity index (χ1n) is 4.79. The molecule has 3 nitrogen and oxygen atoms in total. The number of aliphatic carboxylic acids is 1. The Labute approximate surface area is 92.4 Å². The first-order chi connectivity index (χ1) is 7.27. The Hall–Kier alpha value is -1.29. The lowest BCUT2D eigenvalue weighted by atomic mass is 10.2. The van der Waals surface area contributed by atoms with Gasteiger partial charge >= 0.3 is 11.0 Å². The number of thioether (sulfide) groups is 1. The van der Waals surface area contributed by atoms with Crippen molar-refractivity contribution in [3.63, 3.8) is 0 Å². The van der Waals surface area contributed by atoms with Gasteiger partial charge in [0.2, 0.25) is 0 Å². The molecule has 0 unspecified atom stereocenters. The molecule has 0 fully saturated rings. The molecule has 0 amide bonds. The maximum atomic E-state index is 10.9. The molecule has 2 rings (SSSR count). The van der Waals surface area contributed by atoms with Gasteiger partial charge in [-0.05, 0) is 11.8 Å². The van der Waals surface area contributed by atoms with Crippen molar-refractivity contribution in [1.29, 1.82) is 0 Å². The topological polar surface area (TPSA) is 40.3 Å². The van der Waals surface area contributed by atoms with E-state index in [4.69, 9.17) is 5.11 Å². The summed E-state index contributed by atoms with van der Waals surface area (Å²) in [5.74, 6) is 0.0579. The fourth-order valence-electron chi connectivity index (χ4n) is 1.60. The third-order valence-electron chi connectivity index (χ3n) is 2.29. The van der Waals surface area contributed by atoms with Gasteiger partial charge in [-0.2, -0.15) is 0 Å². The second-order valence-corrected chi connectivity index (χ2v) is 4.45. The molecule has 1 aromatic carbocycles. The summed E-state index contributed by atoms with van der Waals surface area (Å²) in [6.07, 6.45) is 0. The molecule has 15 heavy (non-hydrogen) atoms. The van der Waals surface area contributed by atoms with Crippen molar-refractivity contribution in [2.75, 3.05) is 12.3 Å². The molecule has 1 aliphatic heterocycles. The van der Waals surface area contributed by atoms with Crippen LogP contribution in [-0.2, 0) is 11.3 Å². The summed E-state index contributed by atoms with van der Waals surface area (Å²) in [7, 11) is 0. The molecule has 0 aromatic heterocycles. The summed E-state index contributed by atoms with van der Waals surface area (Å²) in [5.41, 5.74) is 1.15. The Morgan fingerprint density at radius 2 is 2.13 bits per heavy atom. The van der Waals surface area contributed by atoms with Crippen molar-refractivity contribution in [2.24, 2.45) is 0 Å². The Morgan fingerprint density at radius 1 is 1.40 bits per heavy atom. The smallest absolute Gasteiger partial charge is 0.408 e. The quantitative estimate of drug-likeness (QED) is 0.786. The number of benzene rings is 1. The lowest BCUT2D eigenvalue weighted by molar-refractivity contribution is -0.533. The van der Waals surface area contributed by atoms with Gasteiger partial charge in [0.1, 0.15) is 0 Å². The standard InChI is InChI=1S/C11H11NO2S/c13-11(14)10-12(6-7-15-10)8-9-4-2-1-3-5-9/h1-5H,6-8H2/p+1. The number of hydrogen-bond donors (Lipinski definition) is 1. The first-order valence-corrected chi connectivity index (χ1v) is 5.78. The molecular weight excluding hydrogens is 210 g/mol. The molecule has 0 saturated heterocycles. The van der Waals surface area contributed by atoms with Crippen LogP contribution < -0.4 is 0 Å². The van der Waals surface area contributed by atoms with Gasteiger partial charge in [-0.15, -0.1) is 0 Å². The fourth-order valence-corrected chi connectivity index (χ4v) is 2.56. The molecule has 1 aromatic rings. The fraction of sp³-hybridized carbons (Fsp3) is 0.273. The van der Waals surface area contributed by atoms with Crippen molar-refractivity contribution < 1.29 is 14.5 Å². The molecule has 0 bridgehead atoms. The van der Waals surface area contributed by atoms with Crippen LogP contribution in [0.2, 0.25) is 0 Å². The van der Waals surface area contributed by atoms with Gasteiger partial charge in [0.05, 0.1) is 5.75 Å². The van der Waals surface area contributed by atoms with E-state index in [1.165, 1.54) is 11.8 Å². The van der Waals surface area contributed by atoms with Crippen LogP contribution in [0.15, 0.2) is 30.3 Å². The third kappa shape index (κ3) is 2.39. The molecular formula is C11H12NO2S+. The number of carboxylic acids is 1.